The Morgan fingerprint density at radius 1 is 1.12 bits per heavy atom. The average Bonchev–Trinajstić information content (AvgIpc) is 3.27. The first-order valence-electron chi connectivity index (χ1n) is 12.8. The number of hydrogen-bond acceptors (Lipinski definition) is 5. The Bertz CT molecular complexity index is 909. The molecule has 33 heavy (non-hydrogen) atoms. The van der Waals surface area contributed by atoms with Crippen LogP contribution in [0.25, 0.3) is 0 Å². The summed E-state index contributed by atoms with van der Waals surface area (Å²) in [5, 5.41) is 12.2. The number of aromatic nitrogens is 3. The van der Waals surface area contributed by atoms with Gasteiger partial charge in [-0.25, -0.2) is 0 Å². The summed E-state index contributed by atoms with van der Waals surface area (Å²) in [5.41, 5.74) is 2.31. The number of hydrogen-bond donors (Lipinski definition) is 1. The molecule has 1 N–H and O–H groups in total. The zero-order valence-electron chi connectivity index (χ0n) is 19.9. The first kappa shape index (κ1) is 22.5. The van der Waals surface area contributed by atoms with Crippen LogP contribution in [-0.2, 0) is 24.4 Å². The predicted octanol–water partition coefficient (Wildman–Crippen LogP) is 3.07. The summed E-state index contributed by atoms with van der Waals surface area (Å²) in [7, 11) is 2.12. The Morgan fingerprint density at radius 3 is 2.70 bits per heavy atom. The number of carbonyl (C=O) groups is 1. The minimum absolute atomic E-state index is 0.162. The normalized spacial score (nSPS) is 27.7. The van der Waals surface area contributed by atoms with E-state index in [0.717, 1.165) is 64.1 Å². The van der Waals surface area contributed by atoms with Gasteiger partial charge >= 0.3 is 0 Å². The van der Waals surface area contributed by atoms with E-state index in [9.17, 15) is 4.79 Å². The number of carbonyl (C=O) groups excluding carboxylic acids is 1. The molecule has 7 nitrogen and oxygen atoms in total. The number of rotatable bonds is 8. The zero-order chi connectivity index (χ0) is 22.6. The van der Waals surface area contributed by atoms with Crippen LogP contribution < -0.4 is 5.32 Å². The molecule has 6 rings (SSSR count). The molecule has 7 heteroatoms. The first-order chi connectivity index (χ1) is 16.1. The molecule has 3 saturated heterocycles. The highest BCUT2D eigenvalue weighted by Crippen LogP contribution is 2.37. The van der Waals surface area contributed by atoms with Gasteiger partial charge in [0.2, 0.25) is 5.91 Å². The first-order valence-corrected chi connectivity index (χ1v) is 12.8. The molecular formula is C26H38N6O. The largest absolute Gasteiger partial charge is 0.353 e. The molecule has 2 aromatic rings. The molecule has 1 aromatic heterocycles. The molecular weight excluding hydrogens is 412 g/mol. The van der Waals surface area contributed by atoms with Crippen molar-refractivity contribution in [3.05, 3.63) is 47.8 Å². The van der Waals surface area contributed by atoms with Crippen molar-refractivity contribution in [2.75, 3.05) is 20.1 Å². The van der Waals surface area contributed by atoms with Crippen LogP contribution in [0.5, 0.6) is 0 Å². The molecule has 4 aliphatic rings. The monoisotopic (exact) mass is 450 g/mol. The van der Waals surface area contributed by atoms with E-state index in [2.05, 4.69) is 69.0 Å². The smallest absolute Gasteiger partial charge is 0.224 e. The SMILES string of the molecule is CN(Cc1ccccc1)Cc1cn(C[C@H]2C[C@@H]3CCN2C[C@@H]3C(=O)NC2CCCCC2)nn1. The molecule has 178 valence electrons. The van der Waals surface area contributed by atoms with Crippen LogP contribution >= 0.6 is 0 Å². The van der Waals surface area contributed by atoms with Crippen molar-refractivity contribution in [2.45, 2.75) is 76.7 Å². The van der Waals surface area contributed by atoms with Gasteiger partial charge in [0.25, 0.3) is 0 Å². The highest BCUT2D eigenvalue weighted by molar-refractivity contribution is 5.79. The second-order valence-corrected chi connectivity index (χ2v) is 10.5. The quantitative estimate of drug-likeness (QED) is 0.670. The van der Waals surface area contributed by atoms with Gasteiger partial charge < -0.3 is 5.32 Å². The van der Waals surface area contributed by atoms with Crippen LogP contribution in [0.2, 0.25) is 0 Å². The number of benzene rings is 1. The second kappa shape index (κ2) is 10.3. The van der Waals surface area contributed by atoms with Gasteiger partial charge in [-0.3, -0.25) is 19.3 Å². The van der Waals surface area contributed by atoms with E-state index in [0.29, 0.717) is 23.9 Å². The van der Waals surface area contributed by atoms with E-state index in [-0.39, 0.29) is 5.92 Å². The van der Waals surface area contributed by atoms with E-state index in [4.69, 9.17) is 0 Å². The fraction of sp³-hybridized carbons (Fsp3) is 0.654. The maximum atomic E-state index is 13.0. The summed E-state index contributed by atoms with van der Waals surface area (Å²) in [4.78, 5) is 17.8. The third-order valence-electron chi connectivity index (χ3n) is 7.88. The van der Waals surface area contributed by atoms with Crippen LogP contribution in [0.15, 0.2) is 36.5 Å². The van der Waals surface area contributed by atoms with E-state index < -0.39 is 0 Å². The van der Waals surface area contributed by atoms with Crippen LogP contribution in [0.1, 0.15) is 56.2 Å². The molecule has 1 unspecified atom stereocenters. The highest BCUT2D eigenvalue weighted by Gasteiger charge is 2.43. The molecule has 1 aromatic carbocycles. The molecule has 4 fully saturated rings. The molecule has 2 bridgehead atoms. The van der Waals surface area contributed by atoms with Gasteiger partial charge in [-0.05, 0) is 50.8 Å². The second-order valence-electron chi connectivity index (χ2n) is 10.5. The predicted molar refractivity (Wildman–Crippen MR) is 128 cm³/mol. The standard InChI is InChI=1S/C26H38N6O/c1-30(15-20-8-4-2-5-9-20)16-23-17-32(29-28-23)18-24-14-21-12-13-31(24)19-25(21)26(33)27-22-10-6-3-7-11-22/h2,4-5,8-9,17,21-22,24-25H,3,6-7,10-16,18-19H2,1H3,(H,27,33)/t21-,24+,25-/m0/s1. The number of amides is 1. The van der Waals surface area contributed by atoms with Crippen molar-refractivity contribution in [1.82, 2.24) is 30.1 Å². The lowest BCUT2D eigenvalue weighted by Gasteiger charge is -2.49. The molecule has 0 radical (unpaired) electrons. The van der Waals surface area contributed by atoms with Crippen molar-refractivity contribution < 1.29 is 4.79 Å². The molecule has 1 aliphatic carbocycles. The molecule has 1 saturated carbocycles. The molecule has 0 spiro atoms. The summed E-state index contributed by atoms with van der Waals surface area (Å²) in [6.07, 6.45) is 10.5. The van der Waals surface area contributed by atoms with Crippen LogP contribution in [0.3, 0.4) is 0 Å². The third kappa shape index (κ3) is 5.64. The van der Waals surface area contributed by atoms with E-state index >= 15 is 0 Å². The molecule has 4 atom stereocenters. The Kier molecular flexibility index (Phi) is 7.07. The summed E-state index contributed by atoms with van der Waals surface area (Å²) in [6.45, 7) is 4.55. The lowest BCUT2D eigenvalue weighted by molar-refractivity contribution is -0.134. The summed E-state index contributed by atoms with van der Waals surface area (Å²) < 4.78 is 2.01. The van der Waals surface area contributed by atoms with Gasteiger partial charge in [-0.2, -0.15) is 0 Å². The van der Waals surface area contributed by atoms with Gasteiger partial charge in [0.15, 0.2) is 0 Å². The van der Waals surface area contributed by atoms with Crippen LogP contribution in [0, 0.1) is 11.8 Å². The number of piperidine rings is 3. The fourth-order valence-corrected chi connectivity index (χ4v) is 6.12. The van der Waals surface area contributed by atoms with Gasteiger partial charge in [-0.15, -0.1) is 5.10 Å². The number of nitrogens with zero attached hydrogens (tertiary/aromatic N) is 5. The lowest BCUT2D eigenvalue weighted by atomic mass is 9.75. The van der Waals surface area contributed by atoms with Crippen molar-refractivity contribution in [1.29, 1.82) is 0 Å². The molecule has 1 amide bonds. The summed E-state index contributed by atoms with van der Waals surface area (Å²) in [5.74, 6) is 0.970. The van der Waals surface area contributed by atoms with Crippen molar-refractivity contribution in [3.63, 3.8) is 0 Å². The maximum Gasteiger partial charge on any atom is 0.224 e. The summed E-state index contributed by atoms with van der Waals surface area (Å²) >= 11 is 0. The zero-order valence-corrected chi connectivity index (χ0v) is 19.9. The number of nitrogens with one attached hydrogen (secondary N) is 1. The molecule has 4 heterocycles. The van der Waals surface area contributed by atoms with E-state index in [1.165, 1.54) is 24.8 Å². The fourth-order valence-electron chi connectivity index (χ4n) is 6.12. The van der Waals surface area contributed by atoms with Crippen LogP contribution in [-0.4, -0.2) is 62.9 Å². The Labute approximate surface area is 197 Å². The average molecular weight is 451 g/mol. The van der Waals surface area contributed by atoms with E-state index in [1.807, 2.05) is 4.68 Å². The summed E-state index contributed by atoms with van der Waals surface area (Å²) in [6, 6.07) is 11.4. The lowest BCUT2D eigenvalue weighted by Crippen LogP contribution is -2.58. The van der Waals surface area contributed by atoms with Crippen molar-refractivity contribution in [3.8, 4) is 0 Å². The van der Waals surface area contributed by atoms with E-state index in [1.54, 1.807) is 0 Å². The van der Waals surface area contributed by atoms with Gasteiger partial charge in [0, 0.05) is 37.9 Å². The van der Waals surface area contributed by atoms with Gasteiger partial charge in [-0.1, -0.05) is 54.8 Å². The third-order valence-corrected chi connectivity index (χ3v) is 7.88. The number of fused-ring (bicyclic) bond motifs is 3. The minimum Gasteiger partial charge on any atom is -0.353 e. The molecule has 3 aliphatic heterocycles. The van der Waals surface area contributed by atoms with Crippen molar-refractivity contribution >= 4 is 5.91 Å². The highest BCUT2D eigenvalue weighted by atomic mass is 16.2. The van der Waals surface area contributed by atoms with Gasteiger partial charge in [0.1, 0.15) is 0 Å². The Morgan fingerprint density at radius 2 is 1.94 bits per heavy atom. The van der Waals surface area contributed by atoms with Crippen molar-refractivity contribution in [2.24, 2.45) is 11.8 Å². The maximum absolute atomic E-state index is 13.0. The Balaban J connectivity index is 1.12. The van der Waals surface area contributed by atoms with Crippen LogP contribution in [0.4, 0.5) is 0 Å². The van der Waals surface area contributed by atoms with Gasteiger partial charge in [0.05, 0.1) is 18.2 Å². The minimum atomic E-state index is 0.162. The Hall–Kier alpha value is -2.25. The topological polar surface area (TPSA) is 66.3 Å².